The van der Waals surface area contributed by atoms with E-state index in [0.717, 1.165) is 27.6 Å². The van der Waals surface area contributed by atoms with Crippen LogP contribution in [0.3, 0.4) is 0 Å². The predicted molar refractivity (Wildman–Crippen MR) is 127 cm³/mol. The van der Waals surface area contributed by atoms with Crippen molar-refractivity contribution in [3.05, 3.63) is 78.6 Å². The molecule has 2 N–H and O–H groups in total. The van der Waals surface area contributed by atoms with Crippen molar-refractivity contribution >= 4 is 56.8 Å². The van der Waals surface area contributed by atoms with Gasteiger partial charge < -0.3 is 10.6 Å². The molecule has 0 unspecified atom stereocenters. The Labute approximate surface area is 192 Å². The molecule has 0 radical (unpaired) electrons. The second-order valence-electron chi connectivity index (χ2n) is 7.29. The summed E-state index contributed by atoms with van der Waals surface area (Å²) >= 11 is 1.28. The van der Waals surface area contributed by atoms with Gasteiger partial charge in [0.05, 0.1) is 28.8 Å². The number of carbonyl (C=O) groups is 2. The van der Waals surface area contributed by atoms with Gasteiger partial charge >= 0.3 is 0 Å². The van der Waals surface area contributed by atoms with Gasteiger partial charge in [0.2, 0.25) is 11.8 Å². The fourth-order valence-corrected chi connectivity index (χ4v) is 4.35. The Morgan fingerprint density at radius 3 is 2.42 bits per heavy atom. The first-order valence-corrected chi connectivity index (χ1v) is 11.2. The molecule has 0 aliphatic carbocycles. The molecule has 0 atom stereocenters. The van der Waals surface area contributed by atoms with Gasteiger partial charge in [0, 0.05) is 11.1 Å². The molecular weight excluding hydrogens is 441 g/mol. The summed E-state index contributed by atoms with van der Waals surface area (Å²) in [4.78, 5) is 34.0. The molecule has 0 fully saturated rings. The Balaban J connectivity index is 1.31. The van der Waals surface area contributed by atoms with Crippen molar-refractivity contribution in [2.45, 2.75) is 5.16 Å². The largest absolute Gasteiger partial charge is 0.346 e. The summed E-state index contributed by atoms with van der Waals surface area (Å²) in [6.07, 6.45) is 0. The van der Waals surface area contributed by atoms with Crippen molar-refractivity contribution in [3.8, 4) is 0 Å². The molecule has 0 aliphatic heterocycles. The molecule has 0 spiro atoms. The van der Waals surface area contributed by atoms with Crippen molar-refractivity contribution in [3.63, 3.8) is 0 Å². The molecule has 5 rings (SSSR count). The molecule has 5 aromatic rings. The van der Waals surface area contributed by atoms with Crippen LogP contribution >= 0.6 is 11.8 Å². The standard InChI is InChI=1S/C24H18FN5O2S/c25-15-9-11-16(12-10-15)27-21(31)13-26-22(32)14-33-24-29-18-6-2-1-5-17(18)23-28-19-7-3-4-8-20(19)30(23)24/h1-12H,13-14H2,(H,26,32)(H,27,31). The number of carbonyl (C=O) groups excluding carboxylic acids is 2. The summed E-state index contributed by atoms with van der Waals surface area (Å²) in [6.45, 7) is -0.189. The minimum atomic E-state index is -0.396. The van der Waals surface area contributed by atoms with Gasteiger partial charge in [0.25, 0.3) is 0 Å². The first-order valence-electron chi connectivity index (χ1n) is 10.2. The van der Waals surface area contributed by atoms with Crippen LogP contribution in [-0.2, 0) is 9.59 Å². The lowest BCUT2D eigenvalue weighted by Crippen LogP contribution is -2.33. The molecule has 33 heavy (non-hydrogen) atoms. The summed E-state index contributed by atoms with van der Waals surface area (Å²) in [6, 6.07) is 20.9. The summed E-state index contributed by atoms with van der Waals surface area (Å²) < 4.78 is 14.9. The zero-order valence-electron chi connectivity index (χ0n) is 17.3. The summed E-state index contributed by atoms with van der Waals surface area (Å²) in [5.41, 5.74) is 3.79. The number of hydrogen-bond acceptors (Lipinski definition) is 5. The minimum Gasteiger partial charge on any atom is -0.346 e. The van der Waals surface area contributed by atoms with E-state index >= 15 is 0 Å². The number of benzene rings is 3. The molecule has 2 heterocycles. The van der Waals surface area contributed by atoms with Gasteiger partial charge in [0.1, 0.15) is 11.5 Å². The highest BCUT2D eigenvalue weighted by atomic mass is 32.2. The van der Waals surface area contributed by atoms with Gasteiger partial charge in [0.15, 0.2) is 5.16 Å². The Morgan fingerprint density at radius 1 is 0.879 bits per heavy atom. The Hall–Kier alpha value is -3.98. The smallest absolute Gasteiger partial charge is 0.243 e. The Morgan fingerprint density at radius 2 is 1.61 bits per heavy atom. The average molecular weight is 460 g/mol. The molecule has 0 saturated carbocycles. The highest BCUT2D eigenvalue weighted by molar-refractivity contribution is 7.99. The van der Waals surface area contributed by atoms with Crippen LogP contribution in [0.1, 0.15) is 0 Å². The first kappa shape index (κ1) is 20.9. The molecule has 164 valence electrons. The predicted octanol–water partition coefficient (Wildman–Crippen LogP) is 4.02. The third-order valence-electron chi connectivity index (χ3n) is 5.02. The van der Waals surface area contributed by atoms with Crippen molar-refractivity contribution < 1.29 is 14.0 Å². The van der Waals surface area contributed by atoms with E-state index in [1.807, 2.05) is 52.9 Å². The van der Waals surface area contributed by atoms with E-state index in [1.165, 1.54) is 36.0 Å². The van der Waals surface area contributed by atoms with Crippen molar-refractivity contribution in [1.29, 1.82) is 0 Å². The SMILES string of the molecule is O=C(CSc1nc2ccccc2c2nc3ccccc3n12)NCC(=O)Nc1ccc(F)cc1. The number of para-hydroxylation sites is 3. The summed E-state index contributed by atoms with van der Waals surface area (Å²) in [5.74, 6) is -1.01. The van der Waals surface area contributed by atoms with E-state index in [0.29, 0.717) is 10.8 Å². The van der Waals surface area contributed by atoms with Gasteiger partial charge in [-0.2, -0.15) is 0 Å². The van der Waals surface area contributed by atoms with Gasteiger partial charge in [-0.1, -0.05) is 36.0 Å². The number of imidazole rings is 1. The highest BCUT2D eigenvalue weighted by Crippen LogP contribution is 2.28. The fourth-order valence-electron chi connectivity index (χ4n) is 3.51. The minimum absolute atomic E-state index is 0.0801. The maximum atomic E-state index is 13.0. The Bertz CT molecular complexity index is 1500. The van der Waals surface area contributed by atoms with Crippen LogP contribution in [0.4, 0.5) is 10.1 Å². The van der Waals surface area contributed by atoms with Crippen LogP contribution < -0.4 is 10.6 Å². The normalized spacial score (nSPS) is 11.2. The highest BCUT2D eigenvalue weighted by Gasteiger charge is 2.15. The second kappa shape index (κ2) is 8.87. The van der Waals surface area contributed by atoms with E-state index in [2.05, 4.69) is 10.6 Å². The van der Waals surface area contributed by atoms with Gasteiger partial charge in [-0.15, -0.1) is 0 Å². The lowest BCUT2D eigenvalue weighted by Gasteiger charge is -2.09. The number of anilines is 1. The number of nitrogens with zero attached hydrogens (tertiary/aromatic N) is 3. The maximum Gasteiger partial charge on any atom is 0.243 e. The Kier molecular flexibility index (Phi) is 5.62. The monoisotopic (exact) mass is 459 g/mol. The number of aromatic nitrogens is 3. The molecular formula is C24H18FN5O2S. The number of fused-ring (bicyclic) bond motifs is 5. The van der Waals surface area contributed by atoms with E-state index in [4.69, 9.17) is 9.97 Å². The van der Waals surface area contributed by atoms with Crippen LogP contribution in [0.2, 0.25) is 0 Å². The zero-order valence-corrected chi connectivity index (χ0v) is 18.1. The zero-order chi connectivity index (χ0) is 22.8. The van der Waals surface area contributed by atoms with Crippen LogP contribution in [0.25, 0.3) is 27.6 Å². The van der Waals surface area contributed by atoms with E-state index in [1.54, 1.807) is 0 Å². The van der Waals surface area contributed by atoms with Crippen molar-refractivity contribution in [2.75, 3.05) is 17.6 Å². The average Bonchev–Trinajstić information content (AvgIpc) is 3.23. The molecule has 0 bridgehead atoms. The van der Waals surface area contributed by atoms with Crippen LogP contribution in [0, 0.1) is 5.82 Å². The molecule has 2 amide bonds. The fraction of sp³-hybridized carbons (Fsp3) is 0.0833. The molecule has 9 heteroatoms. The van der Waals surface area contributed by atoms with Crippen molar-refractivity contribution in [2.24, 2.45) is 0 Å². The number of thioether (sulfide) groups is 1. The first-order chi connectivity index (χ1) is 16.1. The van der Waals surface area contributed by atoms with E-state index < -0.39 is 5.91 Å². The number of hydrogen-bond donors (Lipinski definition) is 2. The lowest BCUT2D eigenvalue weighted by atomic mass is 10.2. The number of amides is 2. The second-order valence-corrected chi connectivity index (χ2v) is 8.23. The molecule has 3 aromatic carbocycles. The number of rotatable bonds is 6. The molecule has 7 nitrogen and oxygen atoms in total. The van der Waals surface area contributed by atoms with Crippen molar-refractivity contribution in [1.82, 2.24) is 19.7 Å². The third kappa shape index (κ3) is 4.35. The third-order valence-corrected chi connectivity index (χ3v) is 5.96. The molecule has 0 aliphatic rings. The van der Waals surface area contributed by atoms with Gasteiger partial charge in [-0.25, -0.2) is 14.4 Å². The quantitative estimate of drug-likeness (QED) is 0.296. The van der Waals surface area contributed by atoms with Crippen LogP contribution in [0.15, 0.2) is 78.0 Å². The van der Waals surface area contributed by atoms with Crippen LogP contribution in [0.5, 0.6) is 0 Å². The molecule has 2 aromatic heterocycles. The summed E-state index contributed by atoms with van der Waals surface area (Å²) in [5, 5.41) is 6.78. The lowest BCUT2D eigenvalue weighted by molar-refractivity contribution is -0.122. The van der Waals surface area contributed by atoms with E-state index in [-0.39, 0.29) is 24.0 Å². The summed E-state index contributed by atoms with van der Waals surface area (Å²) in [7, 11) is 0. The topological polar surface area (TPSA) is 88.4 Å². The number of halogens is 1. The van der Waals surface area contributed by atoms with Gasteiger partial charge in [-0.3, -0.25) is 14.0 Å². The van der Waals surface area contributed by atoms with E-state index in [9.17, 15) is 14.0 Å². The maximum absolute atomic E-state index is 13.0. The van der Waals surface area contributed by atoms with Crippen LogP contribution in [-0.4, -0.2) is 38.5 Å². The molecule has 0 saturated heterocycles. The van der Waals surface area contributed by atoms with Gasteiger partial charge in [-0.05, 0) is 48.5 Å². The number of nitrogens with one attached hydrogen (secondary N) is 2.